The van der Waals surface area contributed by atoms with Crippen LogP contribution in [0.25, 0.3) is 0 Å². The van der Waals surface area contributed by atoms with E-state index in [4.69, 9.17) is 0 Å². The molecule has 1 aromatic carbocycles. The number of carbonyl (C=O) groups excluding carboxylic acids is 1. The zero-order valence-electron chi connectivity index (χ0n) is 14.1. The van der Waals surface area contributed by atoms with Crippen molar-refractivity contribution in [2.75, 3.05) is 18.0 Å². The third-order valence-corrected chi connectivity index (χ3v) is 4.65. The van der Waals surface area contributed by atoms with Crippen molar-refractivity contribution in [3.8, 4) is 0 Å². The molecule has 25 heavy (non-hydrogen) atoms. The largest absolute Gasteiger partial charge is 0.388 e. The van der Waals surface area contributed by atoms with E-state index in [2.05, 4.69) is 15.3 Å². The van der Waals surface area contributed by atoms with Crippen LogP contribution in [0.1, 0.15) is 29.3 Å². The normalized spacial score (nSPS) is 21.8. The van der Waals surface area contributed by atoms with Crippen LogP contribution < -0.4 is 10.2 Å². The third kappa shape index (κ3) is 3.25. The molecular weight excluding hydrogens is 316 g/mol. The fraction of sp³-hybridized carbons (Fsp3) is 0.316. The first-order chi connectivity index (χ1) is 12.0. The summed E-state index contributed by atoms with van der Waals surface area (Å²) in [5.74, 6) is 1.18. The number of nitrogens with zero attached hydrogens (tertiary/aromatic N) is 3. The number of aliphatic hydroxyl groups is 1. The van der Waals surface area contributed by atoms with E-state index in [0.29, 0.717) is 36.6 Å². The number of hydrogen-bond donors (Lipinski definition) is 2. The SMILES string of the molecule is C[C@@]1(O)CCN(c2cc(C(=O)NC3=Nc4ccccc4C3)ccn2)C1. The molecule has 2 aliphatic rings. The van der Waals surface area contributed by atoms with Crippen molar-refractivity contribution in [3.63, 3.8) is 0 Å². The van der Waals surface area contributed by atoms with E-state index in [1.165, 1.54) is 0 Å². The minimum atomic E-state index is -0.704. The second-order valence-corrected chi connectivity index (χ2v) is 6.89. The average molecular weight is 336 g/mol. The van der Waals surface area contributed by atoms with Gasteiger partial charge >= 0.3 is 0 Å². The lowest BCUT2D eigenvalue weighted by Crippen LogP contribution is -2.32. The van der Waals surface area contributed by atoms with E-state index in [-0.39, 0.29) is 5.91 Å². The summed E-state index contributed by atoms with van der Waals surface area (Å²) in [6.07, 6.45) is 2.96. The van der Waals surface area contributed by atoms with Crippen molar-refractivity contribution in [1.29, 1.82) is 0 Å². The second-order valence-electron chi connectivity index (χ2n) is 6.89. The number of aromatic nitrogens is 1. The maximum atomic E-state index is 12.6. The van der Waals surface area contributed by atoms with Gasteiger partial charge < -0.3 is 15.3 Å². The van der Waals surface area contributed by atoms with Crippen LogP contribution in [0.3, 0.4) is 0 Å². The highest BCUT2D eigenvalue weighted by Gasteiger charge is 2.32. The van der Waals surface area contributed by atoms with Gasteiger partial charge in [-0.2, -0.15) is 0 Å². The van der Waals surface area contributed by atoms with Crippen molar-refractivity contribution < 1.29 is 9.90 Å². The highest BCUT2D eigenvalue weighted by molar-refractivity contribution is 6.09. The summed E-state index contributed by atoms with van der Waals surface area (Å²) in [5.41, 5.74) is 1.86. The van der Waals surface area contributed by atoms with Crippen molar-refractivity contribution in [2.45, 2.75) is 25.4 Å². The van der Waals surface area contributed by atoms with Gasteiger partial charge in [-0.05, 0) is 37.1 Å². The monoisotopic (exact) mass is 336 g/mol. The van der Waals surface area contributed by atoms with Gasteiger partial charge in [0, 0.05) is 31.3 Å². The maximum Gasteiger partial charge on any atom is 0.256 e. The van der Waals surface area contributed by atoms with E-state index >= 15 is 0 Å². The zero-order chi connectivity index (χ0) is 17.4. The molecule has 0 aliphatic carbocycles. The standard InChI is InChI=1S/C19H20N4O2/c1-19(25)7-9-23(12-19)17-11-14(6-8-20-17)18(24)22-16-10-13-4-2-3-5-15(13)21-16/h2-6,8,11,25H,7,9-10,12H2,1H3,(H,21,22,24)/t19-/m1/s1. The van der Waals surface area contributed by atoms with Crippen LogP contribution >= 0.6 is 0 Å². The molecule has 1 aromatic heterocycles. The molecule has 0 saturated carbocycles. The fourth-order valence-electron chi connectivity index (χ4n) is 3.28. The summed E-state index contributed by atoms with van der Waals surface area (Å²) in [6.45, 7) is 3.07. The number of para-hydroxylation sites is 1. The van der Waals surface area contributed by atoms with Crippen LogP contribution in [0.2, 0.25) is 0 Å². The number of amidine groups is 1. The van der Waals surface area contributed by atoms with Crippen molar-refractivity contribution in [1.82, 2.24) is 10.3 Å². The molecule has 1 amide bonds. The number of anilines is 1. The van der Waals surface area contributed by atoms with Gasteiger partial charge in [-0.3, -0.25) is 4.79 Å². The molecule has 1 saturated heterocycles. The molecule has 128 valence electrons. The van der Waals surface area contributed by atoms with Gasteiger partial charge in [-0.25, -0.2) is 9.98 Å². The fourth-order valence-corrected chi connectivity index (χ4v) is 3.28. The molecule has 2 aliphatic heterocycles. The first kappa shape index (κ1) is 15.8. The minimum absolute atomic E-state index is 0.193. The Morgan fingerprint density at radius 2 is 2.16 bits per heavy atom. The van der Waals surface area contributed by atoms with Crippen LogP contribution in [-0.4, -0.2) is 40.5 Å². The van der Waals surface area contributed by atoms with Crippen LogP contribution in [-0.2, 0) is 6.42 Å². The van der Waals surface area contributed by atoms with Gasteiger partial charge in [0.05, 0.1) is 11.3 Å². The molecule has 2 N–H and O–H groups in total. The van der Waals surface area contributed by atoms with E-state index in [1.54, 1.807) is 18.3 Å². The average Bonchev–Trinajstić information content (AvgIpc) is 3.17. The molecule has 0 bridgehead atoms. The Labute approximate surface area is 146 Å². The zero-order valence-corrected chi connectivity index (χ0v) is 14.1. The van der Waals surface area contributed by atoms with Crippen LogP contribution in [0.5, 0.6) is 0 Å². The first-order valence-electron chi connectivity index (χ1n) is 8.40. The number of hydrogen-bond acceptors (Lipinski definition) is 5. The third-order valence-electron chi connectivity index (χ3n) is 4.65. The lowest BCUT2D eigenvalue weighted by atomic mass is 10.1. The van der Waals surface area contributed by atoms with E-state index in [1.807, 2.05) is 36.1 Å². The Hall–Kier alpha value is -2.73. The highest BCUT2D eigenvalue weighted by atomic mass is 16.3. The van der Waals surface area contributed by atoms with E-state index in [0.717, 1.165) is 17.8 Å². The molecule has 4 rings (SSSR count). The van der Waals surface area contributed by atoms with Gasteiger partial charge in [0.25, 0.3) is 5.91 Å². The van der Waals surface area contributed by atoms with Gasteiger partial charge in [0.1, 0.15) is 11.7 Å². The summed E-state index contributed by atoms with van der Waals surface area (Å²) in [5, 5.41) is 13.0. The number of aliphatic imine (C=N–C) groups is 1. The lowest BCUT2D eigenvalue weighted by molar-refractivity contribution is 0.0839. The second kappa shape index (κ2) is 5.97. The first-order valence-corrected chi connectivity index (χ1v) is 8.40. The highest BCUT2D eigenvalue weighted by Crippen LogP contribution is 2.26. The number of rotatable bonds is 2. The molecular formula is C19H20N4O2. The molecule has 0 unspecified atom stereocenters. The molecule has 2 aromatic rings. The summed E-state index contributed by atoms with van der Waals surface area (Å²) in [7, 11) is 0. The Kier molecular flexibility index (Phi) is 3.77. The summed E-state index contributed by atoms with van der Waals surface area (Å²) in [4.78, 5) is 23.4. The summed E-state index contributed by atoms with van der Waals surface area (Å²) in [6, 6.07) is 11.3. The van der Waals surface area contributed by atoms with E-state index in [9.17, 15) is 9.90 Å². The maximum absolute atomic E-state index is 12.6. The quantitative estimate of drug-likeness (QED) is 0.880. The number of β-amino-alcohol motifs (C(OH)–C–C–N with tert-alkyl or cyclic N) is 1. The Balaban J connectivity index is 1.48. The summed E-state index contributed by atoms with van der Waals surface area (Å²) < 4.78 is 0. The van der Waals surface area contributed by atoms with Crippen molar-refractivity contribution >= 4 is 23.2 Å². The number of carbonyl (C=O) groups is 1. The van der Waals surface area contributed by atoms with E-state index < -0.39 is 5.60 Å². The Morgan fingerprint density at radius 3 is 2.92 bits per heavy atom. The lowest BCUT2D eigenvalue weighted by Gasteiger charge is -2.20. The molecule has 0 spiro atoms. The number of fused-ring (bicyclic) bond motifs is 1. The molecule has 1 atom stereocenters. The number of amides is 1. The number of nitrogens with one attached hydrogen (secondary N) is 1. The van der Waals surface area contributed by atoms with Gasteiger partial charge in [-0.1, -0.05) is 18.2 Å². The molecule has 1 fully saturated rings. The minimum Gasteiger partial charge on any atom is -0.388 e. The molecule has 3 heterocycles. The van der Waals surface area contributed by atoms with Crippen molar-refractivity contribution in [2.24, 2.45) is 4.99 Å². The molecule has 0 radical (unpaired) electrons. The topological polar surface area (TPSA) is 77.8 Å². The van der Waals surface area contributed by atoms with Crippen LogP contribution in [0.4, 0.5) is 11.5 Å². The van der Waals surface area contributed by atoms with Crippen LogP contribution in [0, 0.1) is 0 Å². The number of pyridine rings is 1. The van der Waals surface area contributed by atoms with Gasteiger partial charge in [0.15, 0.2) is 0 Å². The van der Waals surface area contributed by atoms with Crippen molar-refractivity contribution in [3.05, 3.63) is 53.7 Å². The van der Waals surface area contributed by atoms with Gasteiger partial charge in [-0.15, -0.1) is 0 Å². The summed E-state index contributed by atoms with van der Waals surface area (Å²) >= 11 is 0. The smallest absolute Gasteiger partial charge is 0.256 e. The predicted molar refractivity (Wildman–Crippen MR) is 96.4 cm³/mol. The molecule has 6 heteroatoms. The molecule has 6 nitrogen and oxygen atoms in total. The van der Waals surface area contributed by atoms with Crippen LogP contribution in [0.15, 0.2) is 47.6 Å². The number of benzene rings is 1. The van der Waals surface area contributed by atoms with Gasteiger partial charge in [0.2, 0.25) is 0 Å². The Bertz CT molecular complexity index is 860. The predicted octanol–water partition coefficient (Wildman–Crippen LogP) is 2.06. The Morgan fingerprint density at radius 1 is 1.32 bits per heavy atom.